The van der Waals surface area contributed by atoms with Gasteiger partial charge in [-0.3, -0.25) is 0 Å². The predicted octanol–water partition coefficient (Wildman–Crippen LogP) is 3.08. The van der Waals surface area contributed by atoms with Crippen molar-refractivity contribution < 1.29 is 9.90 Å². The molecule has 0 aliphatic carbocycles. The van der Waals surface area contributed by atoms with E-state index >= 15 is 0 Å². The molecular weight excluding hydrogens is 223 g/mol. The third-order valence-corrected chi connectivity index (χ3v) is 1.85. The maximum atomic E-state index is 10.4. The fourth-order valence-electron chi connectivity index (χ4n) is 0.871. The summed E-state index contributed by atoms with van der Waals surface area (Å²) in [5, 5.41) is 8.32. The number of hydrogen-bond donors (Lipinski definition) is 1. The van der Waals surface area contributed by atoms with Crippen LogP contribution in [0.3, 0.4) is 0 Å². The Morgan fingerprint density at radius 3 is 2.29 bits per heavy atom. The number of carboxylic acid groups (broad SMARTS) is 1. The number of hydrogen-bond acceptors (Lipinski definition) is 1. The molecule has 0 amide bonds. The monoisotopic (exact) mass is 232 g/mol. The van der Waals surface area contributed by atoms with E-state index in [9.17, 15) is 4.79 Å². The maximum Gasteiger partial charge on any atom is 0.347 e. The predicted molar refractivity (Wildman–Crippen MR) is 59.9 cm³/mol. The minimum absolute atomic E-state index is 0. The minimum atomic E-state index is -1.11. The van der Waals surface area contributed by atoms with Crippen molar-refractivity contribution in [3.63, 3.8) is 0 Å². The zero-order valence-corrected chi connectivity index (χ0v) is 9.10. The zero-order chi connectivity index (χ0) is 9.84. The lowest BCUT2D eigenvalue weighted by atomic mass is 10.1. The van der Waals surface area contributed by atoms with Crippen LogP contribution in [0.25, 0.3) is 6.08 Å². The van der Waals surface area contributed by atoms with E-state index in [4.69, 9.17) is 16.7 Å². The van der Waals surface area contributed by atoms with E-state index in [-0.39, 0.29) is 17.4 Å². The normalized spacial score (nSPS) is 10.6. The summed E-state index contributed by atoms with van der Waals surface area (Å²) in [7, 11) is 0. The molecule has 0 aliphatic heterocycles. The smallest absolute Gasteiger partial charge is 0.347 e. The molecule has 4 heteroatoms. The summed E-state index contributed by atoms with van der Waals surface area (Å²) in [5.74, 6) is -1.11. The van der Waals surface area contributed by atoms with Gasteiger partial charge in [-0.25, -0.2) is 4.79 Å². The molecule has 1 aromatic carbocycles. The second-order valence-corrected chi connectivity index (χ2v) is 3.12. The average Bonchev–Trinajstić information content (AvgIpc) is 2.08. The first kappa shape index (κ1) is 13.0. The Morgan fingerprint density at radius 2 is 1.86 bits per heavy atom. The number of rotatable bonds is 2. The van der Waals surface area contributed by atoms with Crippen LogP contribution in [0.5, 0.6) is 0 Å². The van der Waals surface area contributed by atoms with Crippen LogP contribution in [0.2, 0.25) is 0 Å². The molecule has 1 N–H and O–H groups in total. The van der Waals surface area contributed by atoms with E-state index < -0.39 is 5.97 Å². The number of aryl methyl sites for hydroxylation is 1. The summed E-state index contributed by atoms with van der Waals surface area (Å²) in [6.07, 6.45) is 1.42. The van der Waals surface area contributed by atoms with Gasteiger partial charge in [-0.05, 0) is 18.6 Å². The van der Waals surface area contributed by atoms with E-state index in [1.807, 2.05) is 31.2 Å². The van der Waals surface area contributed by atoms with Gasteiger partial charge in [0.25, 0.3) is 0 Å². The van der Waals surface area contributed by atoms with Gasteiger partial charge in [0.05, 0.1) is 0 Å². The summed E-state index contributed by atoms with van der Waals surface area (Å²) < 4.78 is 0. The molecule has 1 aromatic rings. The van der Waals surface area contributed by atoms with Crippen LogP contribution in [0.4, 0.5) is 0 Å². The van der Waals surface area contributed by atoms with Crippen LogP contribution < -0.4 is 0 Å². The molecule has 1 rings (SSSR count). The number of halogens is 2. The van der Waals surface area contributed by atoms with Crippen molar-refractivity contribution in [2.75, 3.05) is 0 Å². The molecular formula is C10H10Cl2O2. The van der Waals surface area contributed by atoms with Crippen molar-refractivity contribution in [2.24, 2.45) is 0 Å². The molecule has 0 aromatic heterocycles. The largest absolute Gasteiger partial charge is 0.477 e. The third kappa shape index (κ3) is 3.81. The standard InChI is InChI=1S/C10H9ClO2.ClH/c1-7-2-4-8(5-3-7)6-9(11)10(12)13;/h2-6H,1H3,(H,12,13);1H. The first-order chi connectivity index (χ1) is 6.09. The SMILES string of the molecule is Cc1ccc(C=C(Cl)C(=O)O)cc1.Cl. The van der Waals surface area contributed by atoms with Crippen LogP contribution in [-0.4, -0.2) is 11.1 Å². The average molecular weight is 233 g/mol. The molecule has 0 saturated heterocycles. The molecule has 0 fully saturated rings. The van der Waals surface area contributed by atoms with Crippen molar-refractivity contribution in [2.45, 2.75) is 6.92 Å². The van der Waals surface area contributed by atoms with Gasteiger partial charge in [-0.15, -0.1) is 12.4 Å². The minimum Gasteiger partial charge on any atom is -0.477 e. The topological polar surface area (TPSA) is 37.3 Å². The Morgan fingerprint density at radius 1 is 1.36 bits per heavy atom. The van der Waals surface area contributed by atoms with Gasteiger partial charge >= 0.3 is 5.97 Å². The van der Waals surface area contributed by atoms with Crippen molar-refractivity contribution >= 4 is 36.1 Å². The van der Waals surface area contributed by atoms with Gasteiger partial charge in [-0.2, -0.15) is 0 Å². The lowest BCUT2D eigenvalue weighted by Gasteiger charge is -1.95. The van der Waals surface area contributed by atoms with Gasteiger partial charge in [0, 0.05) is 0 Å². The molecule has 2 nitrogen and oxygen atoms in total. The van der Waals surface area contributed by atoms with Crippen molar-refractivity contribution in [3.8, 4) is 0 Å². The van der Waals surface area contributed by atoms with E-state index in [0.29, 0.717) is 0 Å². The van der Waals surface area contributed by atoms with Crippen molar-refractivity contribution in [1.29, 1.82) is 0 Å². The van der Waals surface area contributed by atoms with Gasteiger partial charge in [-0.1, -0.05) is 41.4 Å². The molecule has 14 heavy (non-hydrogen) atoms. The molecule has 76 valence electrons. The summed E-state index contributed by atoms with van der Waals surface area (Å²) in [6.45, 7) is 1.96. The summed E-state index contributed by atoms with van der Waals surface area (Å²) in [6, 6.07) is 7.44. The lowest BCUT2D eigenvalue weighted by Crippen LogP contribution is -1.92. The van der Waals surface area contributed by atoms with E-state index in [1.54, 1.807) is 0 Å². The Hall–Kier alpha value is -0.990. The lowest BCUT2D eigenvalue weighted by molar-refractivity contribution is -0.131. The van der Waals surface area contributed by atoms with Crippen molar-refractivity contribution in [3.05, 3.63) is 40.4 Å². The van der Waals surface area contributed by atoms with Crippen molar-refractivity contribution in [1.82, 2.24) is 0 Å². The fraction of sp³-hybridized carbons (Fsp3) is 0.100. The van der Waals surface area contributed by atoms with E-state index in [1.165, 1.54) is 6.08 Å². The number of benzene rings is 1. The Balaban J connectivity index is 0.00000169. The molecule has 0 radical (unpaired) electrons. The highest BCUT2D eigenvalue weighted by Crippen LogP contribution is 2.11. The molecule has 0 bridgehead atoms. The highest BCUT2D eigenvalue weighted by atomic mass is 35.5. The van der Waals surface area contributed by atoms with Gasteiger partial charge in [0.1, 0.15) is 5.03 Å². The van der Waals surface area contributed by atoms with Crippen LogP contribution in [0, 0.1) is 6.92 Å². The van der Waals surface area contributed by atoms with Crippen LogP contribution in [0.15, 0.2) is 29.3 Å². The first-order valence-electron chi connectivity index (χ1n) is 3.77. The highest BCUT2D eigenvalue weighted by Gasteiger charge is 2.01. The number of carboxylic acids is 1. The summed E-state index contributed by atoms with van der Waals surface area (Å²) >= 11 is 5.45. The Labute approximate surface area is 93.6 Å². The summed E-state index contributed by atoms with van der Waals surface area (Å²) in [4.78, 5) is 10.4. The molecule has 0 atom stereocenters. The maximum absolute atomic E-state index is 10.4. The van der Waals surface area contributed by atoms with Gasteiger partial charge in [0.15, 0.2) is 0 Å². The zero-order valence-electron chi connectivity index (χ0n) is 7.53. The second kappa shape index (κ2) is 5.68. The van der Waals surface area contributed by atoms with Crippen LogP contribution >= 0.6 is 24.0 Å². The summed E-state index contributed by atoms with van der Waals surface area (Å²) in [5.41, 5.74) is 1.92. The first-order valence-corrected chi connectivity index (χ1v) is 4.14. The molecule has 0 saturated carbocycles. The quantitative estimate of drug-likeness (QED) is 0.797. The van der Waals surface area contributed by atoms with Gasteiger partial charge in [0.2, 0.25) is 0 Å². The molecule has 0 heterocycles. The van der Waals surface area contributed by atoms with Crippen LogP contribution in [0.1, 0.15) is 11.1 Å². The van der Waals surface area contributed by atoms with E-state index in [0.717, 1.165) is 11.1 Å². The molecule has 0 spiro atoms. The molecule has 0 aliphatic rings. The van der Waals surface area contributed by atoms with Crippen LogP contribution in [-0.2, 0) is 4.79 Å². The number of carbonyl (C=O) groups is 1. The number of aliphatic carboxylic acids is 1. The second-order valence-electron chi connectivity index (χ2n) is 2.71. The van der Waals surface area contributed by atoms with E-state index in [2.05, 4.69) is 0 Å². The Bertz CT molecular complexity index is 342. The fourth-order valence-corrected chi connectivity index (χ4v) is 0.997. The Kier molecular flexibility index (Phi) is 5.28. The van der Waals surface area contributed by atoms with Gasteiger partial charge < -0.3 is 5.11 Å². The third-order valence-electron chi connectivity index (χ3n) is 1.58. The molecule has 0 unspecified atom stereocenters. The highest BCUT2D eigenvalue weighted by molar-refractivity contribution is 6.42.